The Bertz CT molecular complexity index is 471. The molecule has 1 amide bonds. The molecule has 22 heavy (non-hydrogen) atoms. The third-order valence-electron chi connectivity index (χ3n) is 4.71. The highest BCUT2D eigenvalue weighted by Gasteiger charge is 2.30. The number of aryl methyl sites for hydroxylation is 1. The summed E-state index contributed by atoms with van der Waals surface area (Å²) in [6.07, 6.45) is 4.97. The Kier molecular flexibility index (Phi) is 5.46. The van der Waals surface area contributed by atoms with Crippen LogP contribution in [0.5, 0.6) is 0 Å². The van der Waals surface area contributed by atoms with Crippen LogP contribution in [0.2, 0.25) is 0 Å². The highest BCUT2D eigenvalue weighted by molar-refractivity contribution is 5.77. The molecule has 0 bridgehead atoms. The number of hydrogen-bond acceptors (Lipinski definition) is 3. The summed E-state index contributed by atoms with van der Waals surface area (Å²) in [6.45, 7) is 3.33. The number of morpholine rings is 1. The van der Waals surface area contributed by atoms with Crippen molar-refractivity contribution < 1.29 is 9.53 Å². The molecule has 0 spiro atoms. The van der Waals surface area contributed by atoms with Gasteiger partial charge in [0.2, 0.25) is 5.91 Å². The van der Waals surface area contributed by atoms with E-state index in [0.29, 0.717) is 12.5 Å². The second-order valence-electron chi connectivity index (χ2n) is 6.31. The number of nitrogens with zero attached hydrogens (tertiary/aromatic N) is 1. The number of carbonyl (C=O) groups is 1. The minimum atomic E-state index is 0.0524. The van der Waals surface area contributed by atoms with E-state index in [0.717, 1.165) is 51.9 Å². The molecule has 4 nitrogen and oxygen atoms in total. The fourth-order valence-corrected chi connectivity index (χ4v) is 3.50. The molecule has 120 valence electrons. The van der Waals surface area contributed by atoms with Crippen LogP contribution in [0.15, 0.2) is 30.3 Å². The molecule has 3 rings (SSSR count). The van der Waals surface area contributed by atoms with E-state index in [-0.39, 0.29) is 12.0 Å². The van der Waals surface area contributed by atoms with Crippen LogP contribution in [0, 0.1) is 0 Å². The number of ether oxygens (including phenoxy) is 1. The zero-order valence-electron chi connectivity index (χ0n) is 13.2. The van der Waals surface area contributed by atoms with E-state index >= 15 is 0 Å². The Morgan fingerprint density at radius 1 is 1.32 bits per heavy atom. The summed E-state index contributed by atoms with van der Waals surface area (Å²) in [5.41, 5.74) is 1.36. The maximum absolute atomic E-state index is 12.6. The molecule has 2 aliphatic heterocycles. The molecule has 0 radical (unpaired) electrons. The van der Waals surface area contributed by atoms with Crippen molar-refractivity contribution in [3.8, 4) is 0 Å². The fourth-order valence-electron chi connectivity index (χ4n) is 3.50. The van der Waals surface area contributed by atoms with Crippen molar-refractivity contribution in [2.45, 2.75) is 44.2 Å². The van der Waals surface area contributed by atoms with E-state index in [1.54, 1.807) is 0 Å². The molecular formula is C18H26N2O2. The van der Waals surface area contributed by atoms with E-state index in [1.165, 1.54) is 5.56 Å². The van der Waals surface area contributed by atoms with Gasteiger partial charge in [0.05, 0.1) is 19.1 Å². The molecule has 1 N–H and O–H groups in total. The van der Waals surface area contributed by atoms with Gasteiger partial charge in [-0.05, 0) is 31.2 Å². The molecule has 2 fully saturated rings. The number of amides is 1. The van der Waals surface area contributed by atoms with Gasteiger partial charge in [0.25, 0.3) is 0 Å². The average Bonchev–Trinajstić information content (AvgIpc) is 3.03. The molecule has 0 aromatic heterocycles. The summed E-state index contributed by atoms with van der Waals surface area (Å²) < 4.78 is 5.66. The van der Waals surface area contributed by atoms with Crippen molar-refractivity contribution in [2.75, 3.05) is 26.2 Å². The maximum atomic E-state index is 12.6. The van der Waals surface area contributed by atoms with Crippen molar-refractivity contribution in [1.29, 1.82) is 0 Å². The highest BCUT2D eigenvalue weighted by atomic mass is 16.5. The SMILES string of the molecule is O=C(C[C@@H]1CNCCO1)N1CCC[C@@H]1CCc1ccccc1. The normalized spacial score (nSPS) is 25.4. The standard InChI is InChI=1S/C18H26N2O2/c21-18(13-17-14-19-10-12-22-17)20-11-4-7-16(20)9-8-15-5-2-1-3-6-15/h1-3,5-6,16-17,19H,4,7-14H2/t16-,17-/m1/s1. The number of rotatable bonds is 5. The summed E-state index contributed by atoms with van der Waals surface area (Å²) >= 11 is 0. The Hall–Kier alpha value is -1.39. The molecule has 2 atom stereocenters. The van der Waals surface area contributed by atoms with Gasteiger partial charge in [0, 0.05) is 25.7 Å². The summed E-state index contributed by atoms with van der Waals surface area (Å²) in [4.78, 5) is 14.7. The van der Waals surface area contributed by atoms with Crippen LogP contribution in [-0.4, -0.2) is 49.2 Å². The number of hydrogen-bond donors (Lipinski definition) is 1. The van der Waals surface area contributed by atoms with Gasteiger partial charge in [-0.3, -0.25) is 4.79 Å². The smallest absolute Gasteiger partial charge is 0.225 e. The van der Waals surface area contributed by atoms with E-state index in [2.05, 4.69) is 34.5 Å². The largest absolute Gasteiger partial charge is 0.375 e. The number of nitrogens with one attached hydrogen (secondary N) is 1. The lowest BCUT2D eigenvalue weighted by atomic mass is 10.0. The monoisotopic (exact) mass is 302 g/mol. The third-order valence-corrected chi connectivity index (χ3v) is 4.71. The minimum Gasteiger partial charge on any atom is -0.375 e. The highest BCUT2D eigenvalue weighted by Crippen LogP contribution is 2.23. The van der Waals surface area contributed by atoms with Crippen molar-refractivity contribution >= 4 is 5.91 Å². The quantitative estimate of drug-likeness (QED) is 0.904. The van der Waals surface area contributed by atoms with Crippen molar-refractivity contribution in [3.05, 3.63) is 35.9 Å². The first kappa shape index (κ1) is 15.5. The number of likely N-dealkylation sites (tertiary alicyclic amines) is 1. The summed E-state index contributed by atoms with van der Waals surface area (Å²) in [5, 5.41) is 3.29. The van der Waals surface area contributed by atoms with Gasteiger partial charge < -0.3 is 15.0 Å². The molecule has 2 saturated heterocycles. The van der Waals surface area contributed by atoms with Crippen molar-refractivity contribution in [2.24, 2.45) is 0 Å². The van der Waals surface area contributed by atoms with Gasteiger partial charge in [-0.15, -0.1) is 0 Å². The summed E-state index contributed by atoms with van der Waals surface area (Å²) in [6, 6.07) is 11.0. The molecule has 2 aliphatic rings. The van der Waals surface area contributed by atoms with Gasteiger partial charge in [-0.25, -0.2) is 0 Å². The summed E-state index contributed by atoms with van der Waals surface area (Å²) in [7, 11) is 0. The van der Waals surface area contributed by atoms with Crippen LogP contribution >= 0.6 is 0 Å². The fraction of sp³-hybridized carbons (Fsp3) is 0.611. The predicted octanol–water partition coefficient (Wildman–Crippen LogP) is 1.99. The molecule has 4 heteroatoms. The first-order chi connectivity index (χ1) is 10.8. The maximum Gasteiger partial charge on any atom is 0.225 e. The van der Waals surface area contributed by atoms with Gasteiger partial charge in [0.1, 0.15) is 0 Å². The van der Waals surface area contributed by atoms with Gasteiger partial charge in [-0.2, -0.15) is 0 Å². The van der Waals surface area contributed by atoms with Crippen LogP contribution in [0.25, 0.3) is 0 Å². The van der Waals surface area contributed by atoms with Crippen LogP contribution < -0.4 is 5.32 Å². The minimum absolute atomic E-state index is 0.0524. The van der Waals surface area contributed by atoms with Crippen LogP contribution in [0.4, 0.5) is 0 Å². The zero-order valence-corrected chi connectivity index (χ0v) is 13.2. The first-order valence-electron chi connectivity index (χ1n) is 8.48. The second kappa shape index (κ2) is 7.75. The van der Waals surface area contributed by atoms with Crippen LogP contribution in [0.3, 0.4) is 0 Å². The Labute approximate surface area is 132 Å². The van der Waals surface area contributed by atoms with E-state index in [9.17, 15) is 4.79 Å². The topological polar surface area (TPSA) is 41.6 Å². The Balaban J connectivity index is 1.50. The van der Waals surface area contributed by atoms with Gasteiger partial charge in [-0.1, -0.05) is 30.3 Å². The molecule has 1 aromatic carbocycles. The molecule has 0 unspecified atom stereocenters. The van der Waals surface area contributed by atoms with E-state index in [4.69, 9.17) is 4.74 Å². The van der Waals surface area contributed by atoms with Gasteiger partial charge in [0.15, 0.2) is 0 Å². The van der Waals surface area contributed by atoms with Gasteiger partial charge >= 0.3 is 0 Å². The Morgan fingerprint density at radius 3 is 2.95 bits per heavy atom. The van der Waals surface area contributed by atoms with Crippen molar-refractivity contribution in [1.82, 2.24) is 10.2 Å². The lowest BCUT2D eigenvalue weighted by Gasteiger charge is -2.28. The lowest BCUT2D eigenvalue weighted by molar-refractivity contribution is -0.135. The molecule has 0 saturated carbocycles. The third kappa shape index (κ3) is 4.08. The zero-order chi connectivity index (χ0) is 15.2. The van der Waals surface area contributed by atoms with Crippen LogP contribution in [-0.2, 0) is 16.0 Å². The molecule has 1 aromatic rings. The Morgan fingerprint density at radius 2 is 2.18 bits per heavy atom. The molecule has 2 heterocycles. The lowest BCUT2D eigenvalue weighted by Crippen LogP contribution is -2.43. The summed E-state index contributed by atoms with van der Waals surface area (Å²) in [5.74, 6) is 0.268. The number of benzene rings is 1. The second-order valence-corrected chi connectivity index (χ2v) is 6.31. The van der Waals surface area contributed by atoms with Crippen molar-refractivity contribution in [3.63, 3.8) is 0 Å². The first-order valence-corrected chi connectivity index (χ1v) is 8.48. The van der Waals surface area contributed by atoms with E-state index in [1.807, 2.05) is 6.07 Å². The molecular weight excluding hydrogens is 276 g/mol. The predicted molar refractivity (Wildman–Crippen MR) is 86.7 cm³/mol. The van der Waals surface area contributed by atoms with E-state index < -0.39 is 0 Å². The molecule has 0 aliphatic carbocycles. The average molecular weight is 302 g/mol. The number of carbonyl (C=O) groups excluding carboxylic acids is 1. The van der Waals surface area contributed by atoms with Crippen LogP contribution in [0.1, 0.15) is 31.2 Å².